The second-order valence-corrected chi connectivity index (χ2v) is 8.37. The molecule has 6 heteroatoms. The smallest absolute Gasteiger partial charge is 0.244 e. The Morgan fingerprint density at radius 3 is 2.71 bits per heavy atom. The summed E-state index contributed by atoms with van der Waals surface area (Å²) in [6.07, 6.45) is 8.20. The van der Waals surface area contributed by atoms with E-state index in [-0.39, 0.29) is 11.8 Å². The van der Waals surface area contributed by atoms with Crippen molar-refractivity contribution in [1.82, 2.24) is 10.5 Å². The normalized spacial score (nSPS) is 16.2. The fourth-order valence-corrected chi connectivity index (χ4v) is 4.71. The molecule has 0 spiro atoms. The molecule has 0 saturated heterocycles. The van der Waals surface area contributed by atoms with Crippen LogP contribution in [0.4, 0.5) is 0 Å². The van der Waals surface area contributed by atoms with E-state index in [9.17, 15) is 4.79 Å². The second-order valence-electron chi connectivity index (χ2n) is 6.39. The number of aromatic nitrogens is 1. The first-order valence-electron chi connectivity index (χ1n) is 8.30. The highest BCUT2D eigenvalue weighted by Crippen LogP contribution is 2.39. The van der Waals surface area contributed by atoms with Gasteiger partial charge in [0.1, 0.15) is 0 Å². The number of nitrogens with one attached hydrogen (secondary N) is 1. The Balaban J connectivity index is 1.78. The van der Waals surface area contributed by atoms with Crippen LogP contribution >= 0.6 is 27.3 Å². The van der Waals surface area contributed by atoms with Gasteiger partial charge in [0, 0.05) is 23.0 Å². The summed E-state index contributed by atoms with van der Waals surface area (Å²) in [5, 5.41) is 9.87. The standard InChI is InChI=1S/C18H21BrN2O2S/c19-15-7-5-13(6-8-15)16-11-20-18(24-16)14(10-17(22)21-23)9-12-3-1-2-4-12/h5-8,11-12,14,23H,1-4,9-10H2,(H,21,22)/t14-/m1/s1. The van der Waals surface area contributed by atoms with Crippen molar-refractivity contribution in [3.8, 4) is 10.4 Å². The highest BCUT2D eigenvalue weighted by Gasteiger charge is 2.25. The average molecular weight is 409 g/mol. The fourth-order valence-electron chi connectivity index (χ4n) is 3.41. The van der Waals surface area contributed by atoms with E-state index in [1.165, 1.54) is 25.7 Å². The van der Waals surface area contributed by atoms with Gasteiger partial charge in [-0.15, -0.1) is 11.3 Å². The fraction of sp³-hybridized carbons (Fsp3) is 0.444. The minimum atomic E-state index is -0.335. The molecule has 4 nitrogen and oxygen atoms in total. The third-order valence-corrected chi connectivity index (χ3v) is 6.39. The van der Waals surface area contributed by atoms with Gasteiger partial charge in [0.2, 0.25) is 5.91 Å². The maximum atomic E-state index is 11.7. The monoisotopic (exact) mass is 408 g/mol. The summed E-state index contributed by atoms with van der Waals surface area (Å²) >= 11 is 5.10. The Labute approximate surface area is 154 Å². The molecule has 24 heavy (non-hydrogen) atoms. The van der Waals surface area contributed by atoms with E-state index < -0.39 is 0 Å². The van der Waals surface area contributed by atoms with Crippen LogP contribution in [0.25, 0.3) is 10.4 Å². The molecule has 1 aromatic heterocycles. The van der Waals surface area contributed by atoms with Crippen molar-refractivity contribution in [3.05, 3.63) is 39.9 Å². The third-order valence-electron chi connectivity index (χ3n) is 4.65. The van der Waals surface area contributed by atoms with Crippen molar-refractivity contribution in [2.24, 2.45) is 5.92 Å². The Hall–Kier alpha value is -1.24. The van der Waals surface area contributed by atoms with Crippen LogP contribution in [0, 0.1) is 5.92 Å². The zero-order valence-electron chi connectivity index (χ0n) is 13.4. The quantitative estimate of drug-likeness (QED) is 0.514. The second kappa shape index (κ2) is 8.23. The Morgan fingerprint density at radius 2 is 2.04 bits per heavy atom. The van der Waals surface area contributed by atoms with Crippen LogP contribution in [0.5, 0.6) is 0 Å². The molecule has 3 rings (SSSR count). The molecule has 1 amide bonds. The number of hydrogen-bond donors (Lipinski definition) is 2. The summed E-state index contributed by atoms with van der Waals surface area (Å²) < 4.78 is 1.05. The van der Waals surface area contributed by atoms with Gasteiger partial charge in [-0.05, 0) is 30.0 Å². The van der Waals surface area contributed by atoms with Gasteiger partial charge in [0.05, 0.1) is 9.88 Å². The lowest BCUT2D eigenvalue weighted by Crippen LogP contribution is -2.22. The lowest BCUT2D eigenvalue weighted by molar-refractivity contribution is -0.129. The molecule has 128 valence electrons. The molecular weight excluding hydrogens is 388 g/mol. The number of benzene rings is 1. The summed E-state index contributed by atoms with van der Waals surface area (Å²) in [5.41, 5.74) is 2.90. The number of hydrogen-bond acceptors (Lipinski definition) is 4. The highest BCUT2D eigenvalue weighted by molar-refractivity contribution is 9.10. The van der Waals surface area contributed by atoms with Gasteiger partial charge < -0.3 is 0 Å². The van der Waals surface area contributed by atoms with Crippen LogP contribution in [0.15, 0.2) is 34.9 Å². The molecule has 0 radical (unpaired) electrons. The van der Waals surface area contributed by atoms with Gasteiger partial charge in [0.25, 0.3) is 0 Å². The Kier molecular flexibility index (Phi) is 6.03. The number of carbonyl (C=O) groups excluding carboxylic acids is 1. The van der Waals surface area contributed by atoms with Crippen molar-refractivity contribution >= 4 is 33.2 Å². The van der Waals surface area contributed by atoms with Gasteiger partial charge in [-0.3, -0.25) is 10.0 Å². The van der Waals surface area contributed by atoms with Crippen LogP contribution in [-0.2, 0) is 4.79 Å². The topological polar surface area (TPSA) is 62.2 Å². The van der Waals surface area contributed by atoms with Gasteiger partial charge in [-0.2, -0.15) is 0 Å². The molecular formula is C18H21BrN2O2S. The molecule has 1 fully saturated rings. The zero-order valence-corrected chi connectivity index (χ0v) is 15.8. The predicted octanol–water partition coefficient (Wildman–Crippen LogP) is 5.13. The summed E-state index contributed by atoms with van der Waals surface area (Å²) in [6, 6.07) is 8.16. The van der Waals surface area contributed by atoms with Crippen molar-refractivity contribution in [3.63, 3.8) is 0 Å². The minimum absolute atomic E-state index is 0.0782. The van der Waals surface area contributed by atoms with E-state index in [1.807, 2.05) is 18.3 Å². The first-order chi connectivity index (χ1) is 11.7. The summed E-state index contributed by atoms with van der Waals surface area (Å²) in [7, 11) is 0. The van der Waals surface area contributed by atoms with Crippen molar-refractivity contribution < 1.29 is 10.0 Å². The summed E-state index contributed by atoms with van der Waals surface area (Å²) in [4.78, 5) is 17.4. The van der Waals surface area contributed by atoms with E-state index in [2.05, 4.69) is 33.0 Å². The number of hydroxylamine groups is 1. The van der Waals surface area contributed by atoms with Crippen molar-refractivity contribution in [1.29, 1.82) is 0 Å². The maximum absolute atomic E-state index is 11.7. The molecule has 1 heterocycles. The molecule has 1 saturated carbocycles. The Morgan fingerprint density at radius 1 is 1.33 bits per heavy atom. The maximum Gasteiger partial charge on any atom is 0.244 e. The molecule has 0 unspecified atom stereocenters. The zero-order chi connectivity index (χ0) is 16.9. The number of carbonyl (C=O) groups is 1. The molecule has 1 aliphatic rings. The van der Waals surface area contributed by atoms with E-state index in [1.54, 1.807) is 16.8 Å². The predicted molar refractivity (Wildman–Crippen MR) is 99.1 cm³/mol. The van der Waals surface area contributed by atoms with Gasteiger partial charge in [-0.25, -0.2) is 10.5 Å². The first kappa shape index (κ1) is 17.6. The third kappa shape index (κ3) is 4.43. The van der Waals surface area contributed by atoms with Crippen LogP contribution in [-0.4, -0.2) is 16.1 Å². The molecule has 0 aliphatic heterocycles. The SMILES string of the molecule is O=C(C[C@@H](CC1CCCC1)c1ncc(-c2ccc(Br)cc2)s1)NO. The van der Waals surface area contributed by atoms with Crippen LogP contribution in [0.1, 0.15) is 49.5 Å². The molecule has 1 atom stereocenters. The van der Waals surface area contributed by atoms with E-state index in [0.717, 1.165) is 26.3 Å². The lowest BCUT2D eigenvalue weighted by atomic mass is 9.91. The number of rotatable bonds is 6. The molecule has 2 N–H and O–H groups in total. The number of amides is 1. The molecule has 2 aromatic rings. The van der Waals surface area contributed by atoms with Gasteiger partial charge in [0.15, 0.2) is 0 Å². The van der Waals surface area contributed by atoms with Crippen LogP contribution < -0.4 is 5.48 Å². The largest absolute Gasteiger partial charge is 0.289 e. The van der Waals surface area contributed by atoms with Gasteiger partial charge >= 0.3 is 0 Å². The van der Waals surface area contributed by atoms with E-state index >= 15 is 0 Å². The van der Waals surface area contributed by atoms with Gasteiger partial charge in [-0.1, -0.05) is 53.7 Å². The lowest BCUT2D eigenvalue weighted by Gasteiger charge is -2.17. The van der Waals surface area contributed by atoms with Crippen molar-refractivity contribution in [2.75, 3.05) is 0 Å². The average Bonchev–Trinajstić information content (AvgIpc) is 3.26. The molecule has 1 aromatic carbocycles. The Bertz CT molecular complexity index is 681. The number of nitrogens with zero attached hydrogens (tertiary/aromatic N) is 1. The molecule has 1 aliphatic carbocycles. The summed E-state index contributed by atoms with van der Waals surface area (Å²) in [5.74, 6) is 0.411. The number of halogens is 1. The van der Waals surface area contributed by atoms with E-state index in [4.69, 9.17) is 5.21 Å². The first-order valence-corrected chi connectivity index (χ1v) is 9.91. The highest BCUT2D eigenvalue weighted by atomic mass is 79.9. The summed E-state index contributed by atoms with van der Waals surface area (Å²) in [6.45, 7) is 0. The molecule has 0 bridgehead atoms. The number of thiazole rings is 1. The van der Waals surface area contributed by atoms with Crippen molar-refractivity contribution in [2.45, 2.75) is 44.4 Å². The van der Waals surface area contributed by atoms with Crippen LogP contribution in [0.2, 0.25) is 0 Å². The minimum Gasteiger partial charge on any atom is -0.289 e. The van der Waals surface area contributed by atoms with E-state index in [0.29, 0.717) is 12.3 Å². The van der Waals surface area contributed by atoms with Crippen LogP contribution in [0.3, 0.4) is 0 Å².